The number of nitrogens with zero attached hydrogens (tertiary/aromatic N) is 4. The van der Waals surface area contributed by atoms with E-state index < -0.39 is 0 Å². The van der Waals surface area contributed by atoms with Gasteiger partial charge in [-0.3, -0.25) is 10.00 Å². The Morgan fingerprint density at radius 3 is 2.48 bits per heavy atom. The lowest BCUT2D eigenvalue weighted by atomic mass is 10.1. The fraction of sp³-hybridized carbons (Fsp3) is 0.562. The molecule has 2 aromatic rings. The van der Waals surface area contributed by atoms with Crippen LogP contribution in [0.25, 0.3) is 0 Å². The normalized spacial score (nSPS) is 10.9. The van der Waals surface area contributed by atoms with Crippen LogP contribution in [0.15, 0.2) is 4.52 Å². The maximum Gasteiger partial charge on any atom is 0.323 e. The van der Waals surface area contributed by atoms with Crippen LogP contribution in [0.4, 0.5) is 10.6 Å². The third-order valence-corrected chi connectivity index (χ3v) is 4.07. The summed E-state index contributed by atoms with van der Waals surface area (Å²) in [5.41, 5.74) is 3.87. The average Bonchev–Trinajstić information content (AvgIpc) is 3.00. The molecule has 23 heavy (non-hydrogen) atoms. The molecule has 0 fully saturated rings. The molecule has 0 saturated carbocycles. The minimum Gasteiger partial charge on any atom is -0.361 e. The SMILES string of the molecule is CCc1nn(C)c(NC(=O)N(C)Cc2c(C)noc2C)c1CC. The van der Waals surface area contributed by atoms with Gasteiger partial charge in [0.2, 0.25) is 0 Å². The predicted molar refractivity (Wildman–Crippen MR) is 88.4 cm³/mol. The van der Waals surface area contributed by atoms with Gasteiger partial charge in [0.25, 0.3) is 0 Å². The van der Waals surface area contributed by atoms with Crippen LogP contribution < -0.4 is 5.32 Å². The van der Waals surface area contributed by atoms with Crippen molar-refractivity contribution in [2.24, 2.45) is 7.05 Å². The maximum atomic E-state index is 12.5. The molecule has 126 valence electrons. The first-order valence-corrected chi connectivity index (χ1v) is 7.87. The second-order valence-electron chi connectivity index (χ2n) is 5.69. The molecule has 7 heteroatoms. The van der Waals surface area contributed by atoms with Crippen molar-refractivity contribution < 1.29 is 9.32 Å². The van der Waals surface area contributed by atoms with Gasteiger partial charge in [0.05, 0.1) is 17.9 Å². The highest BCUT2D eigenvalue weighted by atomic mass is 16.5. The van der Waals surface area contributed by atoms with Gasteiger partial charge < -0.3 is 9.42 Å². The van der Waals surface area contributed by atoms with Gasteiger partial charge in [0, 0.05) is 25.2 Å². The summed E-state index contributed by atoms with van der Waals surface area (Å²) in [5, 5.41) is 11.4. The van der Waals surface area contributed by atoms with Gasteiger partial charge in [-0.05, 0) is 26.7 Å². The van der Waals surface area contributed by atoms with E-state index in [9.17, 15) is 4.79 Å². The van der Waals surface area contributed by atoms with Gasteiger partial charge >= 0.3 is 6.03 Å². The quantitative estimate of drug-likeness (QED) is 0.919. The summed E-state index contributed by atoms with van der Waals surface area (Å²) in [6.45, 7) is 8.31. The van der Waals surface area contributed by atoms with Crippen molar-refractivity contribution in [2.45, 2.75) is 47.1 Å². The van der Waals surface area contributed by atoms with Crippen LogP contribution in [-0.2, 0) is 26.4 Å². The Hall–Kier alpha value is -2.31. The number of anilines is 1. The minimum atomic E-state index is -0.176. The summed E-state index contributed by atoms with van der Waals surface area (Å²) in [5.74, 6) is 1.50. The molecule has 0 spiro atoms. The summed E-state index contributed by atoms with van der Waals surface area (Å²) in [6.07, 6.45) is 1.68. The van der Waals surface area contributed by atoms with Gasteiger partial charge in [0.15, 0.2) is 0 Å². The van der Waals surface area contributed by atoms with Crippen LogP contribution in [0.5, 0.6) is 0 Å². The van der Waals surface area contributed by atoms with E-state index in [0.717, 1.165) is 46.9 Å². The van der Waals surface area contributed by atoms with Crippen molar-refractivity contribution in [3.05, 3.63) is 28.3 Å². The number of nitrogens with one attached hydrogen (secondary N) is 1. The van der Waals surface area contributed by atoms with E-state index in [1.54, 1.807) is 16.6 Å². The number of hydrogen-bond acceptors (Lipinski definition) is 4. The standard InChI is InChI=1S/C16H25N5O2/c1-7-12-14(8-2)18-21(6)15(12)17-16(22)20(5)9-13-10(3)19-23-11(13)4/h7-9H2,1-6H3,(H,17,22). The second kappa shape index (κ2) is 6.85. The van der Waals surface area contributed by atoms with E-state index in [4.69, 9.17) is 4.52 Å². The van der Waals surface area contributed by atoms with E-state index in [1.807, 2.05) is 20.9 Å². The lowest BCUT2D eigenvalue weighted by Crippen LogP contribution is -2.32. The Morgan fingerprint density at radius 2 is 1.96 bits per heavy atom. The van der Waals surface area contributed by atoms with Crippen LogP contribution in [0.3, 0.4) is 0 Å². The van der Waals surface area contributed by atoms with Crippen LogP contribution in [0, 0.1) is 13.8 Å². The Morgan fingerprint density at radius 1 is 1.26 bits per heavy atom. The molecule has 0 aliphatic carbocycles. The molecular formula is C16H25N5O2. The summed E-state index contributed by atoms with van der Waals surface area (Å²) in [4.78, 5) is 14.1. The number of rotatable bonds is 5. The van der Waals surface area contributed by atoms with E-state index >= 15 is 0 Å². The van der Waals surface area contributed by atoms with Gasteiger partial charge in [-0.15, -0.1) is 0 Å². The van der Waals surface area contributed by atoms with E-state index in [1.165, 1.54) is 0 Å². The van der Waals surface area contributed by atoms with Gasteiger partial charge in [-0.1, -0.05) is 19.0 Å². The molecule has 0 unspecified atom stereocenters. The number of amides is 2. The van der Waals surface area contributed by atoms with Crippen LogP contribution in [-0.4, -0.2) is 32.9 Å². The third kappa shape index (κ3) is 3.38. The van der Waals surface area contributed by atoms with Crippen molar-refractivity contribution in [2.75, 3.05) is 12.4 Å². The predicted octanol–water partition coefficient (Wildman–Crippen LogP) is 2.81. The maximum absolute atomic E-state index is 12.5. The van der Waals surface area contributed by atoms with Gasteiger partial charge in [-0.2, -0.15) is 5.10 Å². The molecule has 0 atom stereocenters. The number of hydrogen-bond donors (Lipinski definition) is 1. The molecule has 2 aromatic heterocycles. The average molecular weight is 319 g/mol. The van der Waals surface area contributed by atoms with Crippen LogP contribution in [0.2, 0.25) is 0 Å². The first kappa shape index (κ1) is 17.1. The van der Waals surface area contributed by atoms with E-state index in [2.05, 4.69) is 29.4 Å². The number of carbonyl (C=O) groups is 1. The molecular weight excluding hydrogens is 294 g/mol. The highest BCUT2D eigenvalue weighted by Crippen LogP contribution is 2.21. The summed E-state index contributed by atoms with van der Waals surface area (Å²) in [6, 6.07) is -0.176. The number of urea groups is 1. The highest BCUT2D eigenvalue weighted by Gasteiger charge is 2.19. The van der Waals surface area contributed by atoms with Crippen molar-refractivity contribution in [3.63, 3.8) is 0 Å². The minimum absolute atomic E-state index is 0.176. The van der Waals surface area contributed by atoms with Crippen molar-refractivity contribution in [1.29, 1.82) is 0 Å². The zero-order valence-corrected chi connectivity index (χ0v) is 14.7. The topological polar surface area (TPSA) is 76.2 Å². The molecule has 0 bridgehead atoms. The number of aromatic nitrogens is 3. The first-order valence-electron chi connectivity index (χ1n) is 7.87. The fourth-order valence-electron chi connectivity index (χ4n) is 2.67. The summed E-state index contributed by atoms with van der Waals surface area (Å²) < 4.78 is 6.88. The number of carbonyl (C=O) groups excluding carboxylic acids is 1. The monoisotopic (exact) mass is 319 g/mol. The molecule has 1 N–H and O–H groups in total. The molecule has 2 amide bonds. The van der Waals surface area contributed by atoms with Crippen LogP contribution >= 0.6 is 0 Å². The van der Waals surface area contributed by atoms with E-state index in [0.29, 0.717) is 6.54 Å². The Labute approximate surface area is 136 Å². The molecule has 7 nitrogen and oxygen atoms in total. The highest BCUT2D eigenvalue weighted by molar-refractivity contribution is 5.89. The zero-order chi connectivity index (χ0) is 17.1. The number of aryl methyl sites for hydroxylation is 4. The third-order valence-electron chi connectivity index (χ3n) is 4.07. The molecule has 0 radical (unpaired) electrons. The molecule has 0 aliphatic rings. The van der Waals surface area contributed by atoms with Crippen molar-refractivity contribution in [3.8, 4) is 0 Å². The molecule has 2 rings (SSSR count). The van der Waals surface area contributed by atoms with Crippen molar-refractivity contribution in [1.82, 2.24) is 19.8 Å². The Balaban J connectivity index is 2.14. The lowest BCUT2D eigenvalue weighted by molar-refractivity contribution is 0.220. The Kier molecular flexibility index (Phi) is 5.08. The lowest BCUT2D eigenvalue weighted by Gasteiger charge is -2.18. The summed E-state index contributed by atoms with van der Waals surface area (Å²) >= 11 is 0. The smallest absolute Gasteiger partial charge is 0.323 e. The zero-order valence-electron chi connectivity index (χ0n) is 14.7. The van der Waals surface area contributed by atoms with Gasteiger partial charge in [0.1, 0.15) is 11.6 Å². The van der Waals surface area contributed by atoms with E-state index in [-0.39, 0.29) is 6.03 Å². The molecule has 0 saturated heterocycles. The second-order valence-corrected chi connectivity index (χ2v) is 5.69. The van der Waals surface area contributed by atoms with Crippen LogP contribution in [0.1, 0.15) is 42.1 Å². The molecule has 2 heterocycles. The Bertz CT molecular complexity index is 682. The van der Waals surface area contributed by atoms with Crippen molar-refractivity contribution >= 4 is 11.8 Å². The molecule has 0 aliphatic heterocycles. The largest absolute Gasteiger partial charge is 0.361 e. The summed E-state index contributed by atoms with van der Waals surface area (Å²) in [7, 11) is 3.60. The van der Waals surface area contributed by atoms with Gasteiger partial charge in [-0.25, -0.2) is 4.79 Å². The first-order chi connectivity index (χ1) is 10.9. The fourth-order valence-corrected chi connectivity index (χ4v) is 2.67. The molecule has 0 aromatic carbocycles.